The van der Waals surface area contributed by atoms with Crippen molar-refractivity contribution >= 4 is 41.1 Å². The third kappa shape index (κ3) is 2.77. The van der Waals surface area contributed by atoms with Gasteiger partial charge in [-0.05, 0) is 16.5 Å². The van der Waals surface area contributed by atoms with E-state index < -0.39 is 4.92 Å². The molecule has 0 spiro atoms. The van der Waals surface area contributed by atoms with E-state index in [9.17, 15) is 10.1 Å². The number of aromatic nitrogens is 4. The Hall–Kier alpha value is -2.26. The zero-order chi connectivity index (χ0) is 14.0. The lowest BCUT2D eigenvalue weighted by molar-refractivity contribution is -0.384. The van der Waals surface area contributed by atoms with Crippen molar-refractivity contribution < 1.29 is 4.92 Å². The van der Waals surface area contributed by atoms with Gasteiger partial charge in [-0.3, -0.25) is 10.1 Å². The molecular formula is C8H5Cl2N7O2. The van der Waals surface area contributed by atoms with Gasteiger partial charge in [-0.25, -0.2) is 0 Å². The number of nitrogens with two attached hydrogens (primary N) is 1. The maximum absolute atomic E-state index is 10.7. The van der Waals surface area contributed by atoms with E-state index in [1.807, 2.05) is 0 Å². The van der Waals surface area contributed by atoms with Crippen LogP contribution in [0.4, 0.5) is 11.6 Å². The van der Waals surface area contributed by atoms with Crippen molar-refractivity contribution in [1.82, 2.24) is 20.3 Å². The number of nitrogens with zero attached hydrogens (tertiary/aromatic N) is 6. The van der Waals surface area contributed by atoms with E-state index in [1.165, 1.54) is 18.3 Å². The van der Waals surface area contributed by atoms with Crippen LogP contribution in [0.1, 0.15) is 5.56 Å². The molecule has 0 aliphatic heterocycles. The average molecular weight is 302 g/mol. The van der Waals surface area contributed by atoms with E-state index in [0.29, 0.717) is 0 Å². The number of hydrogen-bond acceptors (Lipinski definition) is 7. The minimum Gasteiger partial charge on any atom is -0.365 e. The van der Waals surface area contributed by atoms with Crippen LogP contribution in [-0.2, 0) is 0 Å². The Kier molecular flexibility index (Phi) is 3.58. The van der Waals surface area contributed by atoms with Crippen LogP contribution in [0.2, 0.25) is 10.0 Å². The molecule has 0 saturated carbocycles. The number of tetrazole rings is 1. The monoisotopic (exact) mass is 301 g/mol. The van der Waals surface area contributed by atoms with Crippen LogP contribution in [0.5, 0.6) is 0 Å². The van der Waals surface area contributed by atoms with Crippen LogP contribution in [0.15, 0.2) is 17.2 Å². The minimum atomic E-state index is -0.624. The van der Waals surface area contributed by atoms with Crippen LogP contribution in [-0.4, -0.2) is 31.5 Å². The maximum Gasteiger partial charge on any atom is 0.288 e. The van der Waals surface area contributed by atoms with Crippen LogP contribution >= 0.6 is 23.2 Å². The summed E-state index contributed by atoms with van der Waals surface area (Å²) in [6.07, 6.45) is 1.23. The molecule has 1 heterocycles. The molecule has 0 amide bonds. The Morgan fingerprint density at radius 2 is 2.16 bits per heavy atom. The Balaban J connectivity index is 2.40. The lowest BCUT2D eigenvalue weighted by Gasteiger charge is -2.00. The first-order valence-electron chi connectivity index (χ1n) is 4.70. The quantitative estimate of drug-likeness (QED) is 0.518. The standard InChI is InChI=1S/C8H5Cl2N7O2/c9-5-2-6(10)7(17(18)19)1-4(5)3-12-16-8(11)13-14-15-16/h1-3H,(H2,11,13,15)/b12-3-. The fourth-order valence-electron chi connectivity index (χ4n) is 1.18. The number of nitro groups is 1. The van der Waals surface area contributed by atoms with E-state index in [1.54, 1.807) is 0 Å². The molecule has 2 N–H and O–H groups in total. The van der Waals surface area contributed by atoms with Gasteiger partial charge in [-0.15, -0.1) is 0 Å². The number of benzene rings is 1. The number of halogens is 2. The van der Waals surface area contributed by atoms with Crippen molar-refractivity contribution in [3.63, 3.8) is 0 Å². The number of rotatable bonds is 3. The lowest BCUT2D eigenvalue weighted by Crippen LogP contribution is -2.00. The Bertz CT molecular complexity index is 669. The third-order valence-corrected chi connectivity index (χ3v) is 2.68. The number of hydrogen-bond donors (Lipinski definition) is 1. The second-order valence-electron chi connectivity index (χ2n) is 3.25. The van der Waals surface area contributed by atoms with Gasteiger partial charge in [0.1, 0.15) is 5.02 Å². The second-order valence-corrected chi connectivity index (χ2v) is 4.07. The minimum absolute atomic E-state index is 0.0316. The number of nitrogen functional groups attached to an aromatic ring is 1. The predicted octanol–water partition coefficient (Wildman–Crippen LogP) is 1.35. The van der Waals surface area contributed by atoms with Crippen molar-refractivity contribution in [3.8, 4) is 0 Å². The Morgan fingerprint density at radius 3 is 2.74 bits per heavy atom. The molecule has 0 aliphatic carbocycles. The molecule has 1 aromatic heterocycles. The molecule has 0 aliphatic rings. The third-order valence-electron chi connectivity index (χ3n) is 2.05. The molecule has 0 radical (unpaired) electrons. The summed E-state index contributed by atoms with van der Waals surface area (Å²) in [5.41, 5.74) is 5.40. The van der Waals surface area contributed by atoms with Gasteiger partial charge in [-0.2, -0.15) is 5.10 Å². The fourth-order valence-corrected chi connectivity index (χ4v) is 1.68. The highest BCUT2D eigenvalue weighted by Gasteiger charge is 2.15. The van der Waals surface area contributed by atoms with Crippen molar-refractivity contribution in [1.29, 1.82) is 0 Å². The van der Waals surface area contributed by atoms with Gasteiger partial charge in [0, 0.05) is 11.6 Å². The van der Waals surface area contributed by atoms with Gasteiger partial charge < -0.3 is 5.73 Å². The summed E-state index contributed by atoms with van der Waals surface area (Å²) < 4.78 is 0. The zero-order valence-corrected chi connectivity index (χ0v) is 10.6. The zero-order valence-electron chi connectivity index (χ0n) is 9.07. The van der Waals surface area contributed by atoms with E-state index in [0.717, 1.165) is 4.79 Å². The van der Waals surface area contributed by atoms with Gasteiger partial charge in [-0.1, -0.05) is 33.1 Å². The lowest BCUT2D eigenvalue weighted by atomic mass is 10.2. The normalized spacial score (nSPS) is 11.1. The molecule has 0 bridgehead atoms. The molecule has 2 rings (SSSR count). The van der Waals surface area contributed by atoms with Crippen LogP contribution in [0, 0.1) is 10.1 Å². The van der Waals surface area contributed by atoms with E-state index in [2.05, 4.69) is 20.6 Å². The molecule has 2 aromatic rings. The molecule has 1 aromatic carbocycles. The van der Waals surface area contributed by atoms with E-state index in [-0.39, 0.29) is 27.2 Å². The van der Waals surface area contributed by atoms with Gasteiger partial charge in [0.15, 0.2) is 0 Å². The highest BCUT2D eigenvalue weighted by atomic mass is 35.5. The molecule has 0 unspecified atom stereocenters. The number of nitro benzene ring substituents is 1. The Labute approximate surface area is 115 Å². The highest BCUT2D eigenvalue weighted by Crippen LogP contribution is 2.29. The molecule has 11 heteroatoms. The molecule has 0 atom stereocenters. The maximum atomic E-state index is 10.7. The van der Waals surface area contributed by atoms with Crippen molar-refractivity contribution in [3.05, 3.63) is 37.9 Å². The van der Waals surface area contributed by atoms with Crippen LogP contribution < -0.4 is 5.73 Å². The summed E-state index contributed by atoms with van der Waals surface area (Å²) in [7, 11) is 0. The topological polar surface area (TPSA) is 125 Å². The smallest absolute Gasteiger partial charge is 0.288 e. The molecule has 0 fully saturated rings. The average Bonchev–Trinajstić information content (AvgIpc) is 2.73. The first-order valence-corrected chi connectivity index (χ1v) is 5.46. The summed E-state index contributed by atoms with van der Waals surface area (Å²) in [4.78, 5) is 11.1. The molecule has 0 saturated heterocycles. The first-order chi connectivity index (χ1) is 8.99. The van der Waals surface area contributed by atoms with Gasteiger partial charge in [0.2, 0.25) is 0 Å². The van der Waals surface area contributed by atoms with Gasteiger partial charge in [0.05, 0.1) is 16.2 Å². The number of anilines is 1. The molecular weight excluding hydrogens is 297 g/mol. The fraction of sp³-hybridized carbons (Fsp3) is 0. The summed E-state index contributed by atoms with van der Waals surface area (Å²) in [5, 5.41) is 24.9. The Morgan fingerprint density at radius 1 is 1.42 bits per heavy atom. The van der Waals surface area contributed by atoms with E-state index >= 15 is 0 Å². The molecule has 98 valence electrons. The SMILES string of the molecule is Nc1nnnn1/N=C\c1cc([N+](=O)[O-])c(Cl)cc1Cl. The van der Waals surface area contributed by atoms with Crippen molar-refractivity contribution in [2.75, 3.05) is 5.73 Å². The molecule has 9 nitrogen and oxygen atoms in total. The second kappa shape index (κ2) is 5.16. The summed E-state index contributed by atoms with van der Waals surface area (Å²) in [6, 6.07) is 2.44. The van der Waals surface area contributed by atoms with Crippen LogP contribution in [0.3, 0.4) is 0 Å². The van der Waals surface area contributed by atoms with E-state index in [4.69, 9.17) is 28.9 Å². The predicted molar refractivity (Wildman–Crippen MR) is 68.3 cm³/mol. The van der Waals surface area contributed by atoms with Crippen molar-refractivity contribution in [2.24, 2.45) is 5.10 Å². The summed E-state index contributed by atoms with van der Waals surface area (Å²) in [5.74, 6) is -0.0316. The van der Waals surface area contributed by atoms with Crippen LogP contribution in [0.25, 0.3) is 0 Å². The van der Waals surface area contributed by atoms with Gasteiger partial charge >= 0.3 is 0 Å². The summed E-state index contributed by atoms with van der Waals surface area (Å²) in [6.45, 7) is 0. The van der Waals surface area contributed by atoms with Crippen molar-refractivity contribution in [2.45, 2.75) is 0 Å². The largest absolute Gasteiger partial charge is 0.365 e. The summed E-state index contributed by atoms with van der Waals surface area (Å²) >= 11 is 11.6. The highest BCUT2D eigenvalue weighted by molar-refractivity contribution is 6.37. The first kappa shape index (κ1) is 13.2. The van der Waals surface area contributed by atoms with Gasteiger partial charge in [0.25, 0.3) is 11.6 Å². The molecule has 19 heavy (non-hydrogen) atoms.